The van der Waals surface area contributed by atoms with E-state index in [0.717, 1.165) is 0 Å². The average Bonchev–Trinajstić information content (AvgIpc) is 2.61. The molecular weight excluding hydrogens is 312 g/mol. The van der Waals surface area contributed by atoms with Crippen LogP contribution in [0.4, 0.5) is 0 Å². The third-order valence-corrected chi connectivity index (χ3v) is 4.04. The summed E-state index contributed by atoms with van der Waals surface area (Å²) in [6.07, 6.45) is -0.890. The third-order valence-electron chi connectivity index (χ3n) is 4.04. The number of aliphatic hydroxyl groups is 1. The summed E-state index contributed by atoms with van der Waals surface area (Å²) in [5.41, 5.74) is 1.02. The topological polar surface area (TPSA) is 87.2 Å². The van der Waals surface area contributed by atoms with Gasteiger partial charge in [-0.25, -0.2) is 4.79 Å². The lowest BCUT2D eigenvalue weighted by atomic mass is 10.1. The first-order valence-electron chi connectivity index (χ1n) is 7.87. The molecule has 2 rings (SSSR count). The predicted octanol–water partition coefficient (Wildman–Crippen LogP) is 0.415. The first kappa shape index (κ1) is 17.9. The number of hydrogen-bond donors (Lipinski definition) is 1. The molecule has 1 unspecified atom stereocenters. The van der Waals surface area contributed by atoms with Crippen molar-refractivity contribution in [2.45, 2.75) is 26.6 Å². The van der Waals surface area contributed by atoms with Crippen molar-refractivity contribution >= 4 is 17.8 Å². The number of nitrogens with zero attached hydrogens (tertiary/aromatic N) is 2. The maximum atomic E-state index is 12.4. The highest BCUT2D eigenvalue weighted by molar-refractivity contribution is 5.92. The van der Waals surface area contributed by atoms with E-state index in [4.69, 9.17) is 9.84 Å². The van der Waals surface area contributed by atoms with Crippen molar-refractivity contribution in [2.75, 3.05) is 26.2 Å². The maximum absolute atomic E-state index is 12.4. The summed E-state index contributed by atoms with van der Waals surface area (Å²) in [6.45, 7) is 4.80. The first-order chi connectivity index (χ1) is 11.4. The monoisotopic (exact) mass is 334 g/mol. The smallest absolute Gasteiger partial charge is 0.338 e. The SMILES string of the molecule is CC(=O)N1CCN(C(=O)C(C)OC(=O)c2ccc(CO)cc2)CC1. The van der Waals surface area contributed by atoms with Crippen LogP contribution in [0.3, 0.4) is 0 Å². The van der Waals surface area contributed by atoms with Crippen LogP contribution in [0.1, 0.15) is 29.8 Å². The van der Waals surface area contributed by atoms with Crippen LogP contribution in [0.15, 0.2) is 24.3 Å². The summed E-state index contributed by atoms with van der Waals surface area (Å²) in [5, 5.41) is 8.99. The zero-order chi connectivity index (χ0) is 17.7. The van der Waals surface area contributed by atoms with Gasteiger partial charge in [-0.15, -0.1) is 0 Å². The largest absolute Gasteiger partial charge is 0.449 e. The molecule has 7 nitrogen and oxygen atoms in total. The highest BCUT2D eigenvalue weighted by atomic mass is 16.5. The minimum absolute atomic E-state index is 0.00657. The van der Waals surface area contributed by atoms with E-state index in [2.05, 4.69) is 0 Å². The van der Waals surface area contributed by atoms with Crippen LogP contribution in [-0.2, 0) is 20.9 Å². The van der Waals surface area contributed by atoms with Crippen LogP contribution < -0.4 is 0 Å². The van der Waals surface area contributed by atoms with E-state index < -0.39 is 12.1 Å². The number of aliphatic hydroxyl groups excluding tert-OH is 1. The number of carbonyl (C=O) groups is 3. The fraction of sp³-hybridized carbons (Fsp3) is 0.471. The van der Waals surface area contributed by atoms with Gasteiger partial charge < -0.3 is 19.6 Å². The summed E-state index contributed by atoms with van der Waals surface area (Å²) in [7, 11) is 0. The predicted molar refractivity (Wildman–Crippen MR) is 86.1 cm³/mol. The second kappa shape index (κ2) is 7.92. The molecule has 1 aromatic rings. The van der Waals surface area contributed by atoms with Gasteiger partial charge in [0.2, 0.25) is 5.91 Å². The van der Waals surface area contributed by atoms with Gasteiger partial charge in [-0.05, 0) is 24.6 Å². The Labute approximate surface area is 140 Å². The number of carbonyl (C=O) groups excluding carboxylic acids is 3. The normalized spacial score (nSPS) is 15.8. The summed E-state index contributed by atoms with van der Waals surface area (Å²) in [6, 6.07) is 6.36. The van der Waals surface area contributed by atoms with Gasteiger partial charge in [0.05, 0.1) is 12.2 Å². The molecule has 1 fully saturated rings. The van der Waals surface area contributed by atoms with Gasteiger partial charge in [0.25, 0.3) is 5.91 Å². The zero-order valence-electron chi connectivity index (χ0n) is 13.9. The fourth-order valence-electron chi connectivity index (χ4n) is 2.52. The molecule has 1 heterocycles. The number of amides is 2. The first-order valence-corrected chi connectivity index (χ1v) is 7.87. The van der Waals surface area contributed by atoms with Gasteiger partial charge in [-0.1, -0.05) is 12.1 Å². The molecule has 0 spiro atoms. The molecule has 0 aliphatic carbocycles. The lowest BCUT2D eigenvalue weighted by Gasteiger charge is -2.35. The molecule has 24 heavy (non-hydrogen) atoms. The van der Waals surface area contributed by atoms with Crippen LogP contribution in [0.5, 0.6) is 0 Å². The van der Waals surface area contributed by atoms with E-state index in [-0.39, 0.29) is 18.4 Å². The van der Waals surface area contributed by atoms with Crippen molar-refractivity contribution in [3.63, 3.8) is 0 Å². The lowest BCUT2D eigenvalue weighted by Crippen LogP contribution is -2.52. The van der Waals surface area contributed by atoms with Crippen molar-refractivity contribution < 1.29 is 24.2 Å². The summed E-state index contributed by atoms with van der Waals surface area (Å²) in [4.78, 5) is 39.0. The quantitative estimate of drug-likeness (QED) is 0.806. The van der Waals surface area contributed by atoms with E-state index in [1.807, 2.05) is 0 Å². The highest BCUT2D eigenvalue weighted by Gasteiger charge is 2.28. The number of hydrogen-bond acceptors (Lipinski definition) is 5. The minimum atomic E-state index is -0.890. The molecule has 130 valence electrons. The number of ether oxygens (including phenoxy) is 1. The maximum Gasteiger partial charge on any atom is 0.338 e. The Kier molecular flexibility index (Phi) is 5.92. The van der Waals surface area contributed by atoms with Crippen LogP contribution >= 0.6 is 0 Å². The molecule has 1 atom stereocenters. The molecule has 2 amide bonds. The van der Waals surface area contributed by atoms with Crippen molar-refractivity contribution in [1.82, 2.24) is 9.80 Å². The lowest BCUT2D eigenvalue weighted by molar-refractivity contribution is -0.144. The standard InChI is InChI=1S/C17H22N2O5/c1-12(16(22)19-9-7-18(8-10-19)13(2)21)24-17(23)15-5-3-14(11-20)4-6-15/h3-6,12,20H,7-11H2,1-2H3. The Bertz CT molecular complexity index is 606. The van der Waals surface area contributed by atoms with Crippen LogP contribution in [-0.4, -0.2) is 65.0 Å². The molecule has 0 bridgehead atoms. The van der Waals surface area contributed by atoms with Gasteiger partial charge in [-0.3, -0.25) is 9.59 Å². The Hall–Kier alpha value is -2.41. The molecular formula is C17H22N2O5. The summed E-state index contributed by atoms with van der Waals surface area (Å²) in [5.74, 6) is -0.853. The Morgan fingerprint density at radius 2 is 1.62 bits per heavy atom. The zero-order valence-corrected chi connectivity index (χ0v) is 13.9. The van der Waals surface area contributed by atoms with E-state index in [1.165, 1.54) is 6.92 Å². The number of rotatable bonds is 4. The molecule has 1 aromatic carbocycles. The number of piperazine rings is 1. The molecule has 1 aliphatic heterocycles. The summed E-state index contributed by atoms with van der Waals surface area (Å²) >= 11 is 0. The van der Waals surface area contributed by atoms with Gasteiger partial charge in [0.1, 0.15) is 0 Å². The van der Waals surface area contributed by atoms with E-state index >= 15 is 0 Å². The Morgan fingerprint density at radius 1 is 1.08 bits per heavy atom. The van der Waals surface area contributed by atoms with Crippen LogP contribution in [0.25, 0.3) is 0 Å². The molecule has 1 aliphatic rings. The number of benzene rings is 1. The molecule has 0 aromatic heterocycles. The van der Waals surface area contributed by atoms with E-state index in [1.54, 1.807) is 41.0 Å². The second-order valence-corrected chi connectivity index (χ2v) is 5.73. The van der Waals surface area contributed by atoms with Gasteiger partial charge in [0.15, 0.2) is 6.10 Å². The van der Waals surface area contributed by atoms with Crippen molar-refractivity contribution in [1.29, 1.82) is 0 Å². The van der Waals surface area contributed by atoms with Gasteiger partial charge in [0, 0.05) is 33.1 Å². The number of esters is 1. The highest BCUT2D eigenvalue weighted by Crippen LogP contribution is 2.10. The van der Waals surface area contributed by atoms with Crippen LogP contribution in [0.2, 0.25) is 0 Å². The average molecular weight is 334 g/mol. The van der Waals surface area contributed by atoms with Gasteiger partial charge >= 0.3 is 5.97 Å². The van der Waals surface area contributed by atoms with E-state index in [9.17, 15) is 14.4 Å². The Balaban J connectivity index is 1.89. The van der Waals surface area contributed by atoms with Crippen LogP contribution in [0, 0.1) is 0 Å². The molecule has 0 radical (unpaired) electrons. The minimum Gasteiger partial charge on any atom is -0.449 e. The molecule has 1 N–H and O–H groups in total. The molecule has 0 saturated carbocycles. The van der Waals surface area contributed by atoms with Gasteiger partial charge in [-0.2, -0.15) is 0 Å². The summed E-state index contributed by atoms with van der Waals surface area (Å²) < 4.78 is 5.23. The molecule has 1 saturated heterocycles. The third kappa shape index (κ3) is 4.32. The van der Waals surface area contributed by atoms with Crippen molar-refractivity contribution in [2.24, 2.45) is 0 Å². The molecule has 7 heteroatoms. The van der Waals surface area contributed by atoms with Crippen molar-refractivity contribution in [3.8, 4) is 0 Å². The fourth-order valence-corrected chi connectivity index (χ4v) is 2.52. The van der Waals surface area contributed by atoms with E-state index in [0.29, 0.717) is 37.3 Å². The van der Waals surface area contributed by atoms with Crippen molar-refractivity contribution in [3.05, 3.63) is 35.4 Å². The second-order valence-electron chi connectivity index (χ2n) is 5.73. The Morgan fingerprint density at radius 3 is 2.12 bits per heavy atom.